The normalized spacial score (nSPS) is 29.8. The van der Waals surface area contributed by atoms with E-state index in [9.17, 15) is 10.2 Å². The van der Waals surface area contributed by atoms with E-state index in [1.807, 2.05) is 6.07 Å². The maximum absolute atomic E-state index is 10.7. The fourth-order valence-electron chi connectivity index (χ4n) is 3.49. The van der Waals surface area contributed by atoms with Crippen LogP contribution in [0.2, 0.25) is 0 Å². The molecule has 2 N–H and O–H groups in total. The molecule has 0 radical (unpaired) electrons. The van der Waals surface area contributed by atoms with Crippen LogP contribution in [0.3, 0.4) is 0 Å². The summed E-state index contributed by atoms with van der Waals surface area (Å²) in [6, 6.07) is 4.08. The molecule has 21 heavy (non-hydrogen) atoms. The van der Waals surface area contributed by atoms with Crippen LogP contribution in [-0.2, 0) is 12.8 Å². The Kier molecular flexibility index (Phi) is 4.30. The van der Waals surface area contributed by atoms with Crippen LogP contribution in [0.1, 0.15) is 43.7 Å². The zero-order chi connectivity index (χ0) is 15.0. The zero-order valence-corrected chi connectivity index (χ0v) is 14.0. The average molecular weight is 355 g/mol. The largest absolute Gasteiger partial charge is 0.493 e. The Hall–Kier alpha value is -0.580. The minimum atomic E-state index is -0.944. The number of rotatable bonds is 3. The van der Waals surface area contributed by atoms with Crippen molar-refractivity contribution in [3.63, 3.8) is 0 Å². The van der Waals surface area contributed by atoms with Gasteiger partial charge in [0.25, 0.3) is 0 Å². The number of hydrogen-bond acceptors (Lipinski definition) is 3. The molecule has 1 aliphatic carbocycles. The summed E-state index contributed by atoms with van der Waals surface area (Å²) in [5, 5.41) is 21.3. The van der Waals surface area contributed by atoms with Crippen LogP contribution in [0.5, 0.6) is 5.75 Å². The summed E-state index contributed by atoms with van der Waals surface area (Å²) in [4.78, 5) is 0. The third-order valence-electron chi connectivity index (χ3n) is 5.00. The van der Waals surface area contributed by atoms with Gasteiger partial charge in [-0.3, -0.25) is 0 Å². The van der Waals surface area contributed by atoms with Gasteiger partial charge >= 0.3 is 0 Å². The van der Waals surface area contributed by atoms with Gasteiger partial charge in [-0.15, -0.1) is 0 Å². The Morgan fingerprint density at radius 1 is 1.38 bits per heavy atom. The molecule has 1 heterocycles. The van der Waals surface area contributed by atoms with Crippen molar-refractivity contribution in [1.29, 1.82) is 0 Å². The minimum absolute atomic E-state index is 0.451. The lowest BCUT2D eigenvalue weighted by Crippen LogP contribution is -2.46. The molecule has 1 unspecified atom stereocenters. The molecule has 116 valence electrons. The van der Waals surface area contributed by atoms with E-state index in [4.69, 9.17) is 4.74 Å². The molecule has 3 rings (SSSR count). The predicted octanol–water partition coefficient (Wildman–Crippen LogP) is 3.23. The Labute approximate surface area is 134 Å². The van der Waals surface area contributed by atoms with E-state index in [2.05, 4.69) is 28.9 Å². The minimum Gasteiger partial charge on any atom is -0.493 e. The molecule has 1 atom stereocenters. The van der Waals surface area contributed by atoms with Crippen molar-refractivity contribution < 1.29 is 14.9 Å². The van der Waals surface area contributed by atoms with Gasteiger partial charge in [0.15, 0.2) is 0 Å². The molecule has 1 aromatic rings. The van der Waals surface area contributed by atoms with Crippen LogP contribution in [0.15, 0.2) is 16.6 Å². The lowest BCUT2D eigenvalue weighted by atomic mass is 9.75. The lowest BCUT2D eigenvalue weighted by Gasteiger charge is -2.38. The molecule has 0 amide bonds. The van der Waals surface area contributed by atoms with E-state index in [0.29, 0.717) is 31.8 Å². The first-order valence-corrected chi connectivity index (χ1v) is 8.62. The second-order valence-electron chi connectivity index (χ2n) is 6.66. The summed E-state index contributed by atoms with van der Waals surface area (Å²) in [5.41, 5.74) is 1.24. The number of benzene rings is 1. The molecule has 4 heteroatoms. The number of fused-ring (bicyclic) bond motifs is 1. The first-order chi connectivity index (χ1) is 9.98. The third-order valence-corrected chi connectivity index (χ3v) is 5.46. The maximum atomic E-state index is 10.7. The van der Waals surface area contributed by atoms with Gasteiger partial charge in [0.05, 0.1) is 18.3 Å². The molecule has 1 fully saturated rings. The molecular formula is C17H23BrO3. The molecule has 0 bridgehead atoms. The number of aliphatic hydroxyl groups excluding tert-OH is 1. The highest BCUT2D eigenvalue weighted by Gasteiger charge is 2.39. The molecule has 3 nitrogen and oxygen atoms in total. The second-order valence-corrected chi connectivity index (χ2v) is 7.57. The van der Waals surface area contributed by atoms with Crippen molar-refractivity contribution in [1.82, 2.24) is 0 Å². The van der Waals surface area contributed by atoms with Crippen molar-refractivity contribution in [3.8, 4) is 5.75 Å². The first kappa shape index (κ1) is 15.3. The van der Waals surface area contributed by atoms with Crippen molar-refractivity contribution in [2.45, 2.75) is 57.2 Å². The Bertz CT molecular complexity index is 521. The van der Waals surface area contributed by atoms with Gasteiger partial charge < -0.3 is 14.9 Å². The van der Waals surface area contributed by atoms with Gasteiger partial charge in [-0.2, -0.15) is 0 Å². The SMILES string of the molecule is CC1CCC(O)(C(O)Cc2cc(Br)cc3c2OCC3)CC1. The lowest BCUT2D eigenvalue weighted by molar-refractivity contribution is -0.102. The van der Waals surface area contributed by atoms with Crippen LogP contribution in [0, 0.1) is 5.92 Å². The quantitative estimate of drug-likeness (QED) is 0.875. The monoisotopic (exact) mass is 354 g/mol. The third kappa shape index (κ3) is 3.13. The van der Waals surface area contributed by atoms with Gasteiger partial charge in [0.2, 0.25) is 0 Å². The van der Waals surface area contributed by atoms with Gasteiger partial charge in [-0.1, -0.05) is 22.9 Å². The van der Waals surface area contributed by atoms with E-state index >= 15 is 0 Å². The Balaban J connectivity index is 1.77. The van der Waals surface area contributed by atoms with Gasteiger partial charge in [-0.05, 0) is 54.9 Å². The van der Waals surface area contributed by atoms with Crippen molar-refractivity contribution >= 4 is 15.9 Å². The van der Waals surface area contributed by atoms with E-state index in [1.54, 1.807) is 0 Å². The van der Waals surface area contributed by atoms with Gasteiger partial charge in [0, 0.05) is 17.3 Å². The number of hydrogen-bond donors (Lipinski definition) is 2. The molecular weight excluding hydrogens is 332 g/mol. The van der Waals surface area contributed by atoms with E-state index in [1.165, 1.54) is 5.56 Å². The van der Waals surface area contributed by atoms with Gasteiger partial charge in [-0.25, -0.2) is 0 Å². The van der Waals surface area contributed by atoms with Crippen LogP contribution >= 0.6 is 15.9 Å². The average Bonchev–Trinajstić information content (AvgIpc) is 2.90. The molecule has 1 saturated carbocycles. The van der Waals surface area contributed by atoms with E-state index < -0.39 is 11.7 Å². The van der Waals surface area contributed by atoms with E-state index in [-0.39, 0.29) is 0 Å². The maximum Gasteiger partial charge on any atom is 0.125 e. The number of halogens is 1. The molecule has 1 aliphatic heterocycles. The highest BCUT2D eigenvalue weighted by Crippen LogP contribution is 2.38. The van der Waals surface area contributed by atoms with Crippen molar-refractivity contribution in [2.75, 3.05) is 6.61 Å². The van der Waals surface area contributed by atoms with Gasteiger partial charge in [0.1, 0.15) is 5.75 Å². The number of ether oxygens (including phenoxy) is 1. The number of aliphatic hydroxyl groups is 2. The van der Waals surface area contributed by atoms with E-state index in [0.717, 1.165) is 35.0 Å². The summed E-state index contributed by atoms with van der Waals surface area (Å²) >= 11 is 3.52. The Morgan fingerprint density at radius 3 is 2.81 bits per heavy atom. The summed E-state index contributed by atoms with van der Waals surface area (Å²) in [6.07, 6.45) is 3.99. The molecule has 2 aliphatic rings. The van der Waals surface area contributed by atoms with Crippen LogP contribution in [0.25, 0.3) is 0 Å². The summed E-state index contributed by atoms with van der Waals surface area (Å²) in [6.45, 7) is 2.91. The summed E-state index contributed by atoms with van der Waals surface area (Å²) < 4.78 is 6.72. The topological polar surface area (TPSA) is 49.7 Å². The Morgan fingerprint density at radius 2 is 2.10 bits per heavy atom. The van der Waals surface area contributed by atoms with Crippen LogP contribution < -0.4 is 4.74 Å². The smallest absolute Gasteiger partial charge is 0.125 e. The molecule has 0 spiro atoms. The first-order valence-electron chi connectivity index (χ1n) is 7.82. The summed E-state index contributed by atoms with van der Waals surface area (Å²) in [5.74, 6) is 1.56. The fourth-order valence-corrected chi connectivity index (χ4v) is 4.04. The molecule has 0 aromatic heterocycles. The highest BCUT2D eigenvalue weighted by atomic mass is 79.9. The molecule has 1 aromatic carbocycles. The summed E-state index contributed by atoms with van der Waals surface area (Å²) in [7, 11) is 0. The second kappa shape index (κ2) is 5.90. The van der Waals surface area contributed by atoms with Crippen molar-refractivity contribution in [2.24, 2.45) is 5.92 Å². The van der Waals surface area contributed by atoms with Crippen molar-refractivity contribution in [3.05, 3.63) is 27.7 Å². The van der Waals surface area contributed by atoms with Crippen LogP contribution in [0.4, 0.5) is 0 Å². The molecule has 0 saturated heterocycles. The predicted molar refractivity (Wildman–Crippen MR) is 85.6 cm³/mol. The van der Waals surface area contributed by atoms with Crippen LogP contribution in [-0.4, -0.2) is 28.5 Å². The fraction of sp³-hybridized carbons (Fsp3) is 0.647. The zero-order valence-electron chi connectivity index (χ0n) is 12.4. The highest BCUT2D eigenvalue weighted by molar-refractivity contribution is 9.10. The standard InChI is InChI=1S/C17H23BrO3/c1-11-2-5-17(20,6-3-11)15(19)10-13-9-14(18)8-12-4-7-21-16(12)13/h8-9,11,15,19-20H,2-7,10H2,1H3.